The van der Waals surface area contributed by atoms with E-state index in [0.717, 1.165) is 5.56 Å². The van der Waals surface area contributed by atoms with Gasteiger partial charge in [0.05, 0.1) is 11.5 Å². The Labute approximate surface area is 111 Å². The maximum atomic E-state index is 10.6. The number of benzene rings is 1. The van der Waals surface area contributed by atoms with E-state index in [9.17, 15) is 10.1 Å². The van der Waals surface area contributed by atoms with Gasteiger partial charge in [-0.3, -0.25) is 10.1 Å². The molecule has 0 amide bonds. The van der Waals surface area contributed by atoms with Crippen LogP contribution in [-0.2, 0) is 6.54 Å². The second kappa shape index (κ2) is 4.98. The van der Waals surface area contributed by atoms with Gasteiger partial charge in [-0.2, -0.15) is 5.26 Å². The first-order chi connectivity index (χ1) is 8.61. The summed E-state index contributed by atoms with van der Waals surface area (Å²) in [6.07, 6.45) is 3.23. The monoisotopic (exact) mass is 306 g/mol. The van der Waals surface area contributed by atoms with Crippen molar-refractivity contribution in [3.05, 3.63) is 56.6 Å². The molecule has 0 fully saturated rings. The van der Waals surface area contributed by atoms with Gasteiger partial charge in [0, 0.05) is 29.0 Å². The Morgan fingerprint density at radius 1 is 1.56 bits per heavy atom. The zero-order valence-electron chi connectivity index (χ0n) is 9.08. The molecule has 6 nitrogen and oxygen atoms in total. The first-order valence-corrected chi connectivity index (χ1v) is 5.75. The first-order valence-electron chi connectivity index (χ1n) is 4.96. The zero-order valence-corrected chi connectivity index (χ0v) is 10.7. The van der Waals surface area contributed by atoms with Crippen molar-refractivity contribution < 1.29 is 4.92 Å². The van der Waals surface area contributed by atoms with Gasteiger partial charge in [-0.25, -0.2) is 4.98 Å². The number of rotatable bonds is 3. The number of nitrogens with zero attached hydrogens (tertiary/aromatic N) is 4. The smallest absolute Gasteiger partial charge is 0.270 e. The Morgan fingerprint density at radius 3 is 2.94 bits per heavy atom. The Kier molecular flexibility index (Phi) is 3.39. The summed E-state index contributed by atoms with van der Waals surface area (Å²) in [6, 6.07) is 6.51. The maximum Gasteiger partial charge on any atom is 0.270 e. The van der Waals surface area contributed by atoms with Gasteiger partial charge >= 0.3 is 0 Å². The van der Waals surface area contributed by atoms with Gasteiger partial charge in [0.25, 0.3) is 5.69 Å². The molecule has 2 rings (SSSR count). The van der Waals surface area contributed by atoms with E-state index in [2.05, 4.69) is 20.9 Å². The fourth-order valence-electron chi connectivity index (χ4n) is 1.51. The van der Waals surface area contributed by atoms with Crippen LogP contribution in [0, 0.1) is 21.4 Å². The number of non-ortho nitro benzene ring substituents is 1. The van der Waals surface area contributed by atoms with Gasteiger partial charge in [0.2, 0.25) is 5.82 Å². The quantitative estimate of drug-likeness (QED) is 0.644. The minimum Gasteiger partial charge on any atom is -0.318 e. The fourth-order valence-corrected chi connectivity index (χ4v) is 2.00. The number of nitriles is 1. The minimum absolute atomic E-state index is 0.0248. The van der Waals surface area contributed by atoms with Gasteiger partial charge in [-0.15, -0.1) is 0 Å². The number of hydrogen-bond acceptors (Lipinski definition) is 4. The van der Waals surface area contributed by atoms with Crippen molar-refractivity contribution in [2.24, 2.45) is 0 Å². The summed E-state index contributed by atoms with van der Waals surface area (Å²) in [7, 11) is 0. The summed E-state index contributed by atoms with van der Waals surface area (Å²) in [5, 5.41) is 19.4. The minimum atomic E-state index is -0.452. The third-order valence-electron chi connectivity index (χ3n) is 2.40. The highest BCUT2D eigenvalue weighted by molar-refractivity contribution is 9.10. The van der Waals surface area contributed by atoms with Crippen molar-refractivity contribution in [1.82, 2.24) is 9.55 Å². The van der Waals surface area contributed by atoms with Crippen molar-refractivity contribution in [1.29, 1.82) is 5.26 Å². The number of imidazole rings is 1. The van der Waals surface area contributed by atoms with Crippen molar-refractivity contribution >= 4 is 21.6 Å². The van der Waals surface area contributed by atoms with Crippen molar-refractivity contribution in [2.45, 2.75) is 6.54 Å². The molecule has 0 radical (unpaired) electrons. The van der Waals surface area contributed by atoms with Crippen LogP contribution in [-0.4, -0.2) is 14.5 Å². The Morgan fingerprint density at radius 2 is 2.33 bits per heavy atom. The zero-order chi connectivity index (χ0) is 13.1. The molecule has 1 heterocycles. The Balaban J connectivity index is 2.31. The maximum absolute atomic E-state index is 10.6. The Bertz CT molecular complexity index is 645. The summed E-state index contributed by atoms with van der Waals surface area (Å²) < 4.78 is 2.31. The highest BCUT2D eigenvalue weighted by Crippen LogP contribution is 2.23. The number of hydrogen-bond donors (Lipinski definition) is 0. The summed E-state index contributed by atoms with van der Waals surface area (Å²) in [4.78, 5) is 14.0. The summed E-state index contributed by atoms with van der Waals surface area (Å²) >= 11 is 3.29. The lowest BCUT2D eigenvalue weighted by Crippen LogP contribution is -2.02. The van der Waals surface area contributed by atoms with Crippen LogP contribution < -0.4 is 0 Å². The number of nitro groups is 1. The number of nitro benzene ring substituents is 1. The predicted molar refractivity (Wildman–Crippen MR) is 66.8 cm³/mol. The van der Waals surface area contributed by atoms with Gasteiger partial charge in [-0.1, -0.05) is 15.9 Å². The van der Waals surface area contributed by atoms with E-state index in [-0.39, 0.29) is 5.69 Å². The van der Waals surface area contributed by atoms with Crippen LogP contribution in [0.25, 0.3) is 0 Å². The standard InChI is InChI=1S/C11H7BrN4O2/c12-10-5-9(16(17)18)2-1-8(10)7-15-4-3-14-11(15)6-13/h1-5H,7H2. The first kappa shape index (κ1) is 12.3. The molecule has 0 unspecified atom stereocenters. The fraction of sp³-hybridized carbons (Fsp3) is 0.0909. The molecule has 0 aliphatic heterocycles. The normalized spacial score (nSPS) is 10.0. The topological polar surface area (TPSA) is 84.8 Å². The SMILES string of the molecule is N#Cc1nccn1Cc1ccc([N+](=O)[O-])cc1Br. The highest BCUT2D eigenvalue weighted by atomic mass is 79.9. The van der Waals surface area contributed by atoms with Crippen LogP contribution in [0.1, 0.15) is 11.4 Å². The third-order valence-corrected chi connectivity index (χ3v) is 3.14. The van der Waals surface area contributed by atoms with Crippen LogP contribution in [0.5, 0.6) is 0 Å². The van der Waals surface area contributed by atoms with E-state index in [1.165, 1.54) is 18.3 Å². The van der Waals surface area contributed by atoms with E-state index in [0.29, 0.717) is 16.8 Å². The van der Waals surface area contributed by atoms with Gasteiger partial charge in [0.1, 0.15) is 6.07 Å². The van der Waals surface area contributed by atoms with Crippen molar-refractivity contribution in [3.63, 3.8) is 0 Å². The molecule has 7 heteroatoms. The lowest BCUT2D eigenvalue weighted by molar-refractivity contribution is -0.384. The average molecular weight is 307 g/mol. The van der Waals surface area contributed by atoms with E-state index < -0.39 is 4.92 Å². The van der Waals surface area contributed by atoms with E-state index in [1.807, 2.05) is 6.07 Å². The van der Waals surface area contributed by atoms with Crippen LogP contribution in [0.3, 0.4) is 0 Å². The third kappa shape index (κ3) is 2.38. The van der Waals surface area contributed by atoms with E-state index in [4.69, 9.17) is 5.26 Å². The average Bonchev–Trinajstić information content (AvgIpc) is 2.78. The molecule has 2 aromatic rings. The number of halogens is 1. The molecule has 0 saturated carbocycles. The molecule has 0 aliphatic carbocycles. The van der Waals surface area contributed by atoms with Gasteiger partial charge in [0.15, 0.2) is 0 Å². The second-order valence-corrected chi connectivity index (χ2v) is 4.38. The van der Waals surface area contributed by atoms with Crippen LogP contribution in [0.4, 0.5) is 5.69 Å². The summed E-state index contributed by atoms with van der Waals surface area (Å²) in [5.74, 6) is 0.306. The van der Waals surface area contributed by atoms with Crippen LogP contribution in [0.2, 0.25) is 0 Å². The second-order valence-electron chi connectivity index (χ2n) is 3.52. The van der Waals surface area contributed by atoms with Crippen molar-refractivity contribution in [2.75, 3.05) is 0 Å². The number of aromatic nitrogens is 2. The lowest BCUT2D eigenvalue weighted by Gasteiger charge is -2.06. The highest BCUT2D eigenvalue weighted by Gasteiger charge is 2.10. The van der Waals surface area contributed by atoms with Crippen LogP contribution in [0.15, 0.2) is 35.1 Å². The van der Waals surface area contributed by atoms with E-state index in [1.54, 1.807) is 16.8 Å². The largest absolute Gasteiger partial charge is 0.318 e. The molecule has 0 saturated heterocycles. The van der Waals surface area contributed by atoms with Crippen LogP contribution >= 0.6 is 15.9 Å². The molecule has 0 spiro atoms. The molecular formula is C11H7BrN4O2. The summed E-state index contributed by atoms with van der Waals surface area (Å²) in [5.41, 5.74) is 0.867. The molecule has 0 N–H and O–H groups in total. The predicted octanol–water partition coefficient (Wildman–Crippen LogP) is 2.47. The Hall–Kier alpha value is -2.20. The lowest BCUT2D eigenvalue weighted by atomic mass is 10.2. The molecule has 1 aromatic heterocycles. The molecule has 0 atom stereocenters. The molecule has 0 aliphatic rings. The molecule has 90 valence electrons. The molecule has 18 heavy (non-hydrogen) atoms. The molecular weight excluding hydrogens is 300 g/mol. The van der Waals surface area contributed by atoms with Gasteiger partial charge < -0.3 is 4.57 Å². The van der Waals surface area contributed by atoms with Crippen molar-refractivity contribution in [3.8, 4) is 6.07 Å². The molecule has 0 bridgehead atoms. The molecule has 1 aromatic carbocycles. The van der Waals surface area contributed by atoms with E-state index >= 15 is 0 Å². The van der Waals surface area contributed by atoms with Gasteiger partial charge in [-0.05, 0) is 11.6 Å². The summed E-state index contributed by atoms with van der Waals surface area (Å²) in [6.45, 7) is 0.432.